The van der Waals surface area contributed by atoms with Crippen LogP contribution in [0.4, 0.5) is 0 Å². The molecule has 0 radical (unpaired) electrons. The SMILES string of the molecule is Cn1cnn(CN2CCCCC2)c1=S. The monoisotopic (exact) mass is 212 g/mol. The molecule has 78 valence electrons. The number of aryl methyl sites for hydroxylation is 1. The largest absolute Gasteiger partial charge is 0.310 e. The molecule has 0 bridgehead atoms. The zero-order valence-electron chi connectivity index (χ0n) is 8.52. The Labute approximate surface area is 89.1 Å². The van der Waals surface area contributed by atoms with Gasteiger partial charge in [0.25, 0.3) is 0 Å². The summed E-state index contributed by atoms with van der Waals surface area (Å²) in [6.07, 6.45) is 5.75. The van der Waals surface area contributed by atoms with Crippen molar-refractivity contribution in [1.29, 1.82) is 0 Å². The number of rotatable bonds is 2. The molecule has 0 N–H and O–H groups in total. The van der Waals surface area contributed by atoms with Gasteiger partial charge in [-0.1, -0.05) is 6.42 Å². The molecule has 0 amide bonds. The van der Waals surface area contributed by atoms with Crippen LogP contribution in [0, 0.1) is 4.77 Å². The topological polar surface area (TPSA) is 26.0 Å². The molecule has 2 heterocycles. The van der Waals surface area contributed by atoms with E-state index in [0.29, 0.717) is 0 Å². The number of hydrogen-bond donors (Lipinski definition) is 0. The molecule has 4 nitrogen and oxygen atoms in total. The summed E-state index contributed by atoms with van der Waals surface area (Å²) >= 11 is 5.23. The first kappa shape index (κ1) is 9.86. The molecule has 1 aromatic heterocycles. The average molecular weight is 212 g/mol. The number of piperidine rings is 1. The summed E-state index contributed by atoms with van der Waals surface area (Å²) in [5.74, 6) is 0. The molecule has 0 unspecified atom stereocenters. The quantitative estimate of drug-likeness (QED) is 0.693. The van der Waals surface area contributed by atoms with E-state index in [1.807, 2.05) is 16.3 Å². The fraction of sp³-hybridized carbons (Fsp3) is 0.778. The van der Waals surface area contributed by atoms with Crippen LogP contribution in [0.25, 0.3) is 0 Å². The van der Waals surface area contributed by atoms with Crippen LogP contribution in [0.3, 0.4) is 0 Å². The minimum Gasteiger partial charge on any atom is -0.310 e. The van der Waals surface area contributed by atoms with Gasteiger partial charge in [-0.05, 0) is 38.1 Å². The summed E-state index contributed by atoms with van der Waals surface area (Å²) in [7, 11) is 1.93. The lowest BCUT2D eigenvalue weighted by atomic mass is 10.1. The fourth-order valence-corrected chi connectivity index (χ4v) is 1.96. The highest BCUT2D eigenvalue weighted by molar-refractivity contribution is 7.71. The highest BCUT2D eigenvalue weighted by atomic mass is 32.1. The minimum absolute atomic E-state index is 0.801. The Morgan fingerprint density at radius 2 is 2.07 bits per heavy atom. The number of aromatic nitrogens is 3. The van der Waals surface area contributed by atoms with Crippen molar-refractivity contribution in [2.45, 2.75) is 25.9 Å². The molecule has 0 aliphatic carbocycles. The number of likely N-dealkylation sites (tertiary alicyclic amines) is 1. The highest BCUT2D eigenvalue weighted by Crippen LogP contribution is 2.09. The standard InChI is InChI=1S/C9H16N4S/c1-11-7-10-13(9(11)14)8-12-5-3-2-4-6-12/h7H,2-6,8H2,1H3. The third-order valence-electron chi connectivity index (χ3n) is 2.67. The van der Waals surface area contributed by atoms with E-state index in [9.17, 15) is 0 Å². The van der Waals surface area contributed by atoms with Gasteiger partial charge in [0.1, 0.15) is 6.33 Å². The molecule has 1 aromatic rings. The van der Waals surface area contributed by atoms with Gasteiger partial charge in [0.05, 0.1) is 6.67 Å². The lowest BCUT2D eigenvalue weighted by Gasteiger charge is -2.25. The number of nitrogens with zero attached hydrogens (tertiary/aromatic N) is 4. The van der Waals surface area contributed by atoms with Crippen molar-refractivity contribution in [3.8, 4) is 0 Å². The molecule has 0 saturated carbocycles. The summed E-state index contributed by atoms with van der Waals surface area (Å²) in [6.45, 7) is 3.20. The van der Waals surface area contributed by atoms with Crippen LogP contribution < -0.4 is 0 Å². The molecule has 5 heteroatoms. The summed E-state index contributed by atoms with van der Waals surface area (Å²) in [6, 6.07) is 0. The van der Waals surface area contributed by atoms with Gasteiger partial charge < -0.3 is 4.57 Å². The Bertz CT molecular complexity index is 348. The van der Waals surface area contributed by atoms with Gasteiger partial charge in [0.2, 0.25) is 0 Å². The molecule has 0 spiro atoms. The maximum Gasteiger partial charge on any atom is 0.198 e. The normalized spacial score (nSPS) is 18.6. The van der Waals surface area contributed by atoms with E-state index in [-0.39, 0.29) is 0 Å². The highest BCUT2D eigenvalue weighted by Gasteiger charge is 2.11. The van der Waals surface area contributed by atoms with Crippen LogP contribution in [-0.2, 0) is 13.7 Å². The molecular weight excluding hydrogens is 196 g/mol. The minimum atomic E-state index is 0.801. The van der Waals surface area contributed by atoms with E-state index in [1.165, 1.54) is 32.4 Å². The van der Waals surface area contributed by atoms with E-state index in [2.05, 4.69) is 10.00 Å². The molecule has 14 heavy (non-hydrogen) atoms. The van der Waals surface area contributed by atoms with E-state index >= 15 is 0 Å². The van der Waals surface area contributed by atoms with Crippen LogP contribution in [0.15, 0.2) is 6.33 Å². The van der Waals surface area contributed by atoms with Crippen molar-refractivity contribution in [2.75, 3.05) is 13.1 Å². The predicted octanol–water partition coefficient (Wildman–Crippen LogP) is 1.39. The van der Waals surface area contributed by atoms with Gasteiger partial charge in [-0.3, -0.25) is 4.90 Å². The Balaban J connectivity index is 2.02. The van der Waals surface area contributed by atoms with Gasteiger partial charge in [-0.2, -0.15) is 5.10 Å². The molecular formula is C9H16N4S. The van der Waals surface area contributed by atoms with E-state index in [1.54, 1.807) is 6.33 Å². The van der Waals surface area contributed by atoms with E-state index in [4.69, 9.17) is 12.2 Å². The smallest absolute Gasteiger partial charge is 0.198 e. The van der Waals surface area contributed by atoms with Crippen molar-refractivity contribution < 1.29 is 0 Å². The second-order valence-corrected chi connectivity index (χ2v) is 4.21. The van der Waals surface area contributed by atoms with Crippen molar-refractivity contribution in [1.82, 2.24) is 19.2 Å². The second kappa shape index (κ2) is 4.23. The fourth-order valence-electron chi connectivity index (χ4n) is 1.81. The van der Waals surface area contributed by atoms with Gasteiger partial charge >= 0.3 is 0 Å². The first-order chi connectivity index (χ1) is 6.77. The Hall–Kier alpha value is -0.680. The van der Waals surface area contributed by atoms with Crippen molar-refractivity contribution >= 4 is 12.2 Å². The lowest BCUT2D eigenvalue weighted by molar-refractivity contribution is 0.172. The van der Waals surface area contributed by atoms with Gasteiger partial charge in [-0.15, -0.1) is 0 Å². The maximum atomic E-state index is 5.23. The maximum absolute atomic E-state index is 5.23. The first-order valence-corrected chi connectivity index (χ1v) is 5.49. The second-order valence-electron chi connectivity index (χ2n) is 3.84. The molecule has 1 saturated heterocycles. The van der Waals surface area contributed by atoms with Crippen molar-refractivity contribution in [3.05, 3.63) is 11.1 Å². The first-order valence-electron chi connectivity index (χ1n) is 5.08. The van der Waals surface area contributed by atoms with Gasteiger partial charge in [0.15, 0.2) is 4.77 Å². The van der Waals surface area contributed by atoms with E-state index < -0.39 is 0 Å². The summed E-state index contributed by atoms with van der Waals surface area (Å²) in [5.41, 5.74) is 0. The van der Waals surface area contributed by atoms with Crippen LogP contribution in [0.2, 0.25) is 0 Å². The lowest BCUT2D eigenvalue weighted by Crippen LogP contribution is -2.32. The molecule has 1 aliphatic heterocycles. The third kappa shape index (κ3) is 2.04. The van der Waals surface area contributed by atoms with E-state index in [0.717, 1.165) is 11.4 Å². The summed E-state index contributed by atoms with van der Waals surface area (Å²) in [4.78, 5) is 2.41. The van der Waals surface area contributed by atoms with Gasteiger partial charge in [-0.25, -0.2) is 4.68 Å². The van der Waals surface area contributed by atoms with Crippen LogP contribution in [0.1, 0.15) is 19.3 Å². The average Bonchev–Trinajstić information content (AvgIpc) is 2.52. The Morgan fingerprint density at radius 3 is 2.64 bits per heavy atom. The van der Waals surface area contributed by atoms with Crippen molar-refractivity contribution in [3.63, 3.8) is 0 Å². The predicted molar refractivity (Wildman–Crippen MR) is 57.5 cm³/mol. The van der Waals surface area contributed by atoms with Crippen LogP contribution in [0.5, 0.6) is 0 Å². The Kier molecular flexibility index (Phi) is 2.98. The third-order valence-corrected chi connectivity index (χ3v) is 3.17. The molecule has 1 fully saturated rings. The molecule has 1 aliphatic rings. The van der Waals surface area contributed by atoms with Crippen molar-refractivity contribution in [2.24, 2.45) is 7.05 Å². The zero-order valence-corrected chi connectivity index (χ0v) is 9.33. The molecule has 2 rings (SSSR count). The summed E-state index contributed by atoms with van der Waals surface area (Å²) in [5, 5.41) is 4.24. The summed E-state index contributed by atoms with van der Waals surface area (Å²) < 4.78 is 4.57. The number of hydrogen-bond acceptors (Lipinski definition) is 3. The Morgan fingerprint density at radius 1 is 1.36 bits per heavy atom. The molecule has 0 aromatic carbocycles. The molecule has 0 atom stereocenters. The van der Waals surface area contributed by atoms with Gasteiger partial charge in [0, 0.05) is 7.05 Å². The van der Waals surface area contributed by atoms with Crippen LogP contribution >= 0.6 is 12.2 Å². The zero-order chi connectivity index (χ0) is 9.97. The van der Waals surface area contributed by atoms with Crippen LogP contribution in [-0.4, -0.2) is 32.3 Å².